The maximum atomic E-state index is 12.8. The molecule has 0 saturated carbocycles. The molecule has 1 amide bonds. The Balaban J connectivity index is 2.04. The predicted molar refractivity (Wildman–Crippen MR) is 106 cm³/mol. The lowest BCUT2D eigenvalue weighted by Crippen LogP contribution is -2.24. The highest BCUT2D eigenvalue weighted by Gasteiger charge is 2.15. The molecule has 1 aromatic carbocycles. The second kappa shape index (κ2) is 7.79. The smallest absolute Gasteiger partial charge is 0.252 e. The van der Waals surface area contributed by atoms with Crippen molar-refractivity contribution in [1.82, 2.24) is 10.3 Å². The number of benzene rings is 1. The fourth-order valence-corrected chi connectivity index (χ4v) is 3.58. The molecule has 0 saturated heterocycles. The van der Waals surface area contributed by atoms with Crippen LogP contribution in [0.4, 0.5) is 0 Å². The third-order valence-corrected chi connectivity index (χ3v) is 5.40. The molecule has 3 rings (SSSR count). The number of amides is 1. The molecule has 0 atom stereocenters. The van der Waals surface area contributed by atoms with E-state index in [1.807, 2.05) is 23.6 Å². The van der Waals surface area contributed by atoms with E-state index in [9.17, 15) is 4.79 Å². The lowest BCUT2D eigenvalue weighted by molar-refractivity contribution is 0.0954. The Morgan fingerprint density at radius 3 is 2.68 bits per heavy atom. The summed E-state index contributed by atoms with van der Waals surface area (Å²) >= 11 is 1.64. The third-order valence-electron chi connectivity index (χ3n) is 4.51. The van der Waals surface area contributed by atoms with Gasteiger partial charge < -0.3 is 5.32 Å². The second-order valence-corrected chi connectivity index (χ2v) is 7.40. The number of nitrogens with zero attached hydrogens (tertiary/aromatic N) is 1. The Morgan fingerprint density at radius 2 is 1.96 bits per heavy atom. The van der Waals surface area contributed by atoms with Gasteiger partial charge in [-0.05, 0) is 61.0 Å². The van der Waals surface area contributed by atoms with E-state index in [0.717, 1.165) is 47.3 Å². The van der Waals surface area contributed by atoms with Gasteiger partial charge in [-0.3, -0.25) is 4.79 Å². The minimum Gasteiger partial charge on any atom is -0.352 e. The molecule has 0 aliphatic carbocycles. The Labute approximate surface area is 153 Å². The molecule has 0 spiro atoms. The minimum atomic E-state index is -0.00966. The predicted octanol–water partition coefficient (Wildman–Crippen LogP) is 5.50. The van der Waals surface area contributed by atoms with Crippen LogP contribution in [0.1, 0.15) is 47.7 Å². The zero-order chi connectivity index (χ0) is 17.8. The zero-order valence-corrected chi connectivity index (χ0v) is 15.9. The summed E-state index contributed by atoms with van der Waals surface area (Å²) in [5.74, 6) is -0.00966. The number of nitrogens with one attached hydrogen (secondary N) is 1. The van der Waals surface area contributed by atoms with Crippen LogP contribution in [0.15, 0.2) is 35.7 Å². The fraction of sp³-hybridized carbons (Fsp3) is 0.333. The van der Waals surface area contributed by atoms with E-state index in [4.69, 9.17) is 4.98 Å². The Morgan fingerprint density at radius 1 is 1.16 bits per heavy atom. The Kier molecular flexibility index (Phi) is 5.49. The highest BCUT2D eigenvalue weighted by molar-refractivity contribution is 7.13. The number of unbranched alkanes of at least 4 members (excludes halogenated alkanes) is 2. The molecule has 25 heavy (non-hydrogen) atoms. The highest BCUT2D eigenvalue weighted by atomic mass is 32.1. The van der Waals surface area contributed by atoms with Gasteiger partial charge in [-0.1, -0.05) is 25.8 Å². The first-order chi connectivity index (χ1) is 12.1. The van der Waals surface area contributed by atoms with Gasteiger partial charge in [0.1, 0.15) is 0 Å². The summed E-state index contributed by atoms with van der Waals surface area (Å²) in [7, 11) is 0. The van der Waals surface area contributed by atoms with Gasteiger partial charge in [0, 0.05) is 11.9 Å². The van der Waals surface area contributed by atoms with Crippen LogP contribution < -0.4 is 5.32 Å². The van der Waals surface area contributed by atoms with E-state index < -0.39 is 0 Å². The zero-order valence-electron chi connectivity index (χ0n) is 15.1. The maximum Gasteiger partial charge on any atom is 0.252 e. The van der Waals surface area contributed by atoms with Crippen LogP contribution in [0, 0.1) is 13.8 Å². The van der Waals surface area contributed by atoms with Crippen molar-refractivity contribution in [2.45, 2.75) is 40.0 Å². The fourth-order valence-electron chi connectivity index (χ4n) is 2.90. The summed E-state index contributed by atoms with van der Waals surface area (Å²) in [4.78, 5) is 18.7. The monoisotopic (exact) mass is 352 g/mol. The van der Waals surface area contributed by atoms with Crippen LogP contribution in [0.5, 0.6) is 0 Å². The molecule has 0 radical (unpaired) electrons. The van der Waals surface area contributed by atoms with E-state index in [-0.39, 0.29) is 5.91 Å². The van der Waals surface area contributed by atoms with Crippen LogP contribution in [0.25, 0.3) is 21.5 Å². The normalized spacial score (nSPS) is 11.0. The maximum absolute atomic E-state index is 12.8. The number of carbonyl (C=O) groups is 1. The molecule has 0 aliphatic rings. The van der Waals surface area contributed by atoms with Crippen molar-refractivity contribution in [2.24, 2.45) is 0 Å². The van der Waals surface area contributed by atoms with E-state index in [1.165, 1.54) is 11.1 Å². The molecule has 2 aromatic heterocycles. The van der Waals surface area contributed by atoms with Crippen LogP contribution in [0.3, 0.4) is 0 Å². The van der Waals surface area contributed by atoms with Gasteiger partial charge in [-0.25, -0.2) is 4.98 Å². The molecule has 130 valence electrons. The van der Waals surface area contributed by atoms with Crippen molar-refractivity contribution in [3.63, 3.8) is 0 Å². The molecule has 3 nitrogen and oxygen atoms in total. The number of carbonyl (C=O) groups excluding carboxylic acids is 1. The lowest BCUT2D eigenvalue weighted by Gasteiger charge is -2.12. The summed E-state index contributed by atoms with van der Waals surface area (Å²) in [5.41, 5.74) is 4.83. The van der Waals surface area contributed by atoms with Crippen molar-refractivity contribution < 1.29 is 4.79 Å². The number of thiophene rings is 1. The lowest BCUT2D eigenvalue weighted by atomic mass is 10.0. The first-order valence-corrected chi connectivity index (χ1v) is 9.72. The van der Waals surface area contributed by atoms with Crippen molar-refractivity contribution >= 4 is 28.1 Å². The van der Waals surface area contributed by atoms with E-state index in [0.29, 0.717) is 5.56 Å². The van der Waals surface area contributed by atoms with Crippen LogP contribution >= 0.6 is 11.3 Å². The molecule has 3 aromatic rings. The molecule has 0 unspecified atom stereocenters. The summed E-state index contributed by atoms with van der Waals surface area (Å²) in [6.07, 6.45) is 3.30. The third kappa shape index (κ3) is 3.90. The van der Waals surface area contributed by atoms with Gasteiger partial charge in [-0.2, -0.15) is 0 Å². The molecule has 4 heteroatoms. The van der Waals surface area contributed by atoms with Crippen LogP contribution in [-0.2, 0) is 0 Å². The largest absolute Gasteiger partial charge is 0.352 e. The second-order valence-electron chi connectivity index (χ2n) is 6.45. The van der Waals surface area contributed by atoms with Gasteiger partial charge in [0.25, 0.3) is 5.91 Å². The number of hydrogen-bond donors (Lipinski definition) is 1. The van der Waals surface area contributed by atoms with Gasteiger partial charge >= 0.3 is 0 Å². The first kappa shape index (κ1) is 17.6. The van der Waals surface area contributed by atoms with E-state index in [1.54, 1.807) is 11.3 Å². The van der Waals surface area contributed by atoms with Gasteiger partial charge in [0.15, 0.2) is 0 Å². The van der Waals surface area contributed by atoms with Crippen molar-refractivity contribution in [3.05, 3.63) is 52.4 Å². The number of aromatic nitrogens is 1. The van der Waals surface area contributed by atoms with Crippen molar-refractivity contribution in [2.75, 3.05) is 6.54 Å². The van der Waals surface area contributed by atoms with Gasteiger partial charge in [-0.15, -0.1) is 11.3 Å². The number of aryl methyl sites for hydroxylation is 2. The molecule has 0 fully saturated rings. The molecule has 2 heterocycles. The molecule has 1 N–H and O–H groups in total. The van der Waals surface area contributed by atoms with Gasteiger partial charge in [0.2, 0.25) is 0 Å². The number of hydrogen-bond acceptors (Lipinski definition) is 3. The van der Waals surface area contributed by atoms with Crippen LogP contribution in [0.2, 0.25) is 0 Å². The average Bonchev–Trinajstić information content (AvgIpc) is 3.13. The first-order valence-electron chi connectivity index (χ1n) is 8.84. The molecular formula is C21H24N2OS. The van der Waals surface area contributed by atoms with Gasteiger partial charge in [0.05, 0.1) is 21.7 Å². The molecule has 0 aliphatic heterocycles. The quantitative estimate of drug-likeness (QED) is 0.595. The van der Waals surface area contributed by atoms with Crippen LogP contribution in [-0.4, -0.2) is 17.4 Å². The number of rotatable bonds is 6. The van der Waals surface area contributed by atoms with E-state index >= 15 is 0 Å². The average molecular weight is 353 g/mol. The summed E-state index contributed by atoms with van der Waals surface area (Å²) in [5, 5.41) is 6.03. The molecule has 0 bridgehead atoms. The SMILES string of the molecule is CCCCCNC(=O)c1cc(-c2cccs2)nc2cc(C)c(C)cc12. The van der Waals surface area contributed by atoms with E-state index in [2.05, 4.69) is 38.2 Å². The van der Waals surface area contributed by atoms with Crippen molar-refractivity contribution in [1.29, 1.82) is 0 Å². The standard InChI is InChI=1S/C21H24N2OS/c1-4-5-6-9-22-21(24)17-13-19(20-8-7-10-25-20)23-18-12-15(3)14(2)11-16(17)18/h7-8,10-13H,4-6,9H2,1-3H3,(H,22,24). The Bertz CT molecular complexity index is 885. The summed E-state index contributed by atoms with van der Waals surface area (Å²) in [6.45, 7) is 7.04. The molecular weight excluding hydrogens is 328 g/mol. The topological polar surface area (TPSA) is 42.0 Å². The minimum absolute atomic E-state index is 0.00966. The summed E-state index contributed by atoms with van der Waals surface area (Å²) in [6, 6.07) is 10.1. The number of fused-ring (bicyclic) bond motifs is 1. The Hall–Kier alpha value is -2.20. The van der Waals surface area contributed by atoms with Crippen molar-refractivity contribution in [3.8, 4) is 10.6 Å². The number of pyridine rings is 1. The highest BCUT2D eigenvalue weighted by Crippen LogP contribution is 2.29. The summed E-state index contributed by atoms with van der Waals surface area (Å²) < 4.78 is 0.